The molecule has 2 atom stereocenters. The van der Waals surface area contributed by atoms with Crippen LogP contribution in [0, 0.1) is 0 Å². The third kappa shape index (κ3) is 1.94. The van der Waals surface area contributed by atoms with Crippen molar-refractivity contribution in [1.29, 1.82) is 0 Å². The van der Waals surface area contributed by atoms with E-state index in [1.165, 1.54) is 0 Å². The van der Waals surface area contributed by atoms with Gasteiger partial charge in [0.1, 0.15) is 0 Å². The van der Waals surface area contributed by atoms with Gasteiger partial charge in [0.25, 0.3) is 0 Å². The zero-order chi connectivity index (χ0) is 7.40. The van der Waals surface area contributed by atoms with Gasteiger partial charge in [-0.05, 0) is 6.42 Å². The SMILES string of the molecule is COC1CCOC(OC)C1. The summed E-state index contributed by atoms with van der Waals surface area (Å²) in [7, 11) is 3.38. The van der Waals surface area contributed by atoms with Crippen molar-refractivity contribution in [3.63, 3.8) is 0 Å². The number of methoxy groups -OCH3 is 2. The van der Waals surface area contributed by atoms with Gasteiger partial charge < -0.3 is 14.2 Å². The maximum atomic E-state index is 5.26. The van der Waals surface area contributed by atoms with Crippen LogP contribution < -0.4 is 0 Å². The molecule has 0 aliphatic carbocycles. The Balaban J connectivity index is 2.25. The first-order valence-electron chi connectivity index (χ1n) is 3.54. The monoisotopic (exact) mass is 146 g/mol. The lowest BCUT2D eigenvalue weighted by atomic mass is 10.1. The minimum Gasteiger partial charge on any atom is -0.381 e. The van der Waals surface area contributed by atoms with Crippen LogP contribution in [0.1, 0.15) is 12.8 Å². The second-order valence-electron chi connectivity index (χ2n) is 2.42. The molecule has 0 N–H and O–H groups in total. The largest absolute Gasteiger partial charge is 0.381 e. The fourth-order valence-electron chi connectivity index (χ4n) is 1.11. The number of hydrogen-bond acceptors (Lipinski definition) is 3. The standard InChI is InChI=1S/C7H14O3/c1-8-6-3-4-10-7(5-6)9-2/h6-7H,3-5H2,1-2H3. The molecule has 1 heterocycles. The number of rotatable bonds is 2. The predicted molar refractivity (Wildman–Crippen MR) is 36.8 cm³/mol. The first kappa shape index (κ1) is 7.98. The fraction of sp³-hybridized carbons (Fsp3) is 1.00. The summed E-state index contributed by atoms with van der Waals surface area (Å²) in [6, 6.07) is 0. The molecule has 10 heavy (non-hydrogen) atoms. The minimum atomic E-state index is -0.0568. The highest BCUT2D eigenvalue weighted by Crippen LogP contribution is 2.15. The van der Waals surface area contributed by atoms with Gasteiger partial charge in [-0.3, -0.25) is 0 Å². The van der Waals surface area contributed by atoms with Gasteiger partial charge in [-0.15, -0.1) is 0 Å². The van der Waals surface area contributed by atoms with Gasteiger partial charge in [0.15, 0.2) is 6.29 Å². The third-order valence-electron chi connectivity index (χ3n) is 1.80. The molecule has 1 aliphatic rings. The van der Waals surface area contributed by atoms with Crippen LogP contribution in [0.25, 0.3) is 0 Å². The second-order valence-corrected chi connectivity index (χ2v) is 2.42. The molecule has 0 aromatic heterocycles. The Bertz CT molecular complexity index is 84.9. The molecule has 0 aromatic rings. The lowest BCUT2D eigenvalue weighted by Gasteiger charge is -2.27. The van der Waals surface area contributed by atoms with Crippen LogP contribution in [0.4, 0.5) is 0 Å². The third-order valence-corrected chi connectivity index (χ3v) is 1.80. The summed E-state index contributed by atoms with van der Waals surface area (Å²) in [6.07, 6.45) is 2.10. The van der Waals surface area contributed by atoms with E-state index in [1.807, 2.05) is 0 Å². The molecule has 0 spiro atoms. The van der Waals surface area contributed by atoms with E-state index in [0.29, 0.717) is 6.10 Å². The highest BCUT2D eigenvalue weighted by atomic mass is 16.7. The zero-order valence-electron chi connectivity index (χ0n) is 6.50. The molecule has 0 aromatic carbocycles. The summed E-state index contributed by atoms with van der Waals surface area (Å²) in [5.41, 5.74) is 0. The first-order chi connectivity index (χ1) is 4.86. The Labute approximate surface area is 61.3 Å². The van der Waals surface area contributed by atoms with Crippen molar-refractivity contribution in [3.05, 3.63) is 0 Å². The van der Waals surface area contributed by atoms with Crippen molar-refractivity contribution in [2.45, 2.75) is 25.2 Å². The Kier molecular flexibility index (Phi) is 3.12. The Morgan fingerprint density at radius 1 is 1.30 bits per heavy atom. The van der Waals surface area contributed by atoms with Gasteiger partial charge in [-0.2, -0.15) is 0 Å². The van der Waals surface area contributed by atoms with Crippen molar-refractivity contribution >= 4 is 0 Å². The van der Waals surface area contributed by atoms with E-state index >= 15 is 0 Å². The normalized spacial score (nSPS) is 34.2. The van der Waals surface area contributed by atoms with Crippen LogP contribution in [0.3, 0.4) is 0 Å². The molecular formula is C7H14O3. The predicted octanol–water partition coefficient (Wildman–Crippen LogP) is 0.784. The molecular weight excluding hydrogens is 132 g/mol. The van der Waals surface area contributed by atoms with Crippen molar-refractivity contribution < 1.29 is 14.2 Å². The van der Waals surface area contributed by atoms with E-state index in [4.69, 9.17) is 14.2 Å². The topological polar surface area (TPSA) is 27.7 Å². The van der Waals surface area contributed by atoms with E-state index < -0.39 is 0 Å². The summed E-state index contributed by atoms with van der Waals surface area (Å²) < 4.78 is 15.4. The first-order valence-corrected chi connectivity index (χ1v) is 3.54. The molecule has 2 unspecified atom stereocenters. The average Bonchev–Trinajstić information content (AvgIpc) is 2.05. The molecule has 1 saturated heterocycles. The fourth-order valence-corrected chi connectivity index (χ4v) is 1.11. The van der Waals surface area contributed by atoms with Crippen LogP contribution in [-0.4, -0.2) is 33.2 Å². The summed E-state index contributed by atoms with van der Waals surface area (Å²) in [5, 5.41) is 0. The van der Waals surface area contributed by atoms with Crippen molar-refractivity contribution in [2.75, 3.05) is 20.8 Å². The summed E-state index contributed by atoms with van der Waals surface area (Å²) in [6.45, 7) is 0.747. The number of hydrogen-bond donors (Lipinski definition) is 0. The van der Waals surface area contributed by atoms with E-state index in [-0.39, 0.29) is 6.29 Å². The van der Waals surface area contributed by atoms with Gasteiger partial charge in [0.2, 0.25) is 0 Å². The summed E-state index contributed by atoms with van der Waals surface area (Å²) >= 11 is 0. The second kappa shape index (κ2) is 3.91. The quantitative estimate of drug-likeness (QED) is 0.576. The van der Waals surface area contributed by atoms with Crippen LogP contribution in [0.5, 0.6) is 0 Å². The van der Waals surface area contributed by atoms with Crippen molar-refractivity contribution in [1.82, 2.24) is 0 Å². The van der Waals surface area contributed by atoms with Crippen LogP contribution >= 0.6 is 0 Å². The molecule has 60 valence electrons. The number of ether oxygens (including phenoxy) is 3. The van der Waals surface area contributed by atoms with E-state index in [2.05, 4.69) is 0 Å². The lowest BCUT2D eigenvalue weighted by molar-refractivity contribution is -0.174. The Morgan fingerprint density at radius 3 is 2.70 bits per heavy atom. The smallest absolute Gasteiger partial charge is 0.159 e. The highest BCUT2D eigenvalue weighted by Gasteiger charge is 2.21. The molecule has 1 aliphatic heterocycles. The van der Waals surface area contributed by atoms with Crippen molar-refractivity contribution in [3.8, 4) is 0 Å². The van der Waals surface area contributed by atoms with Gasteiger partial charge in [-0.25, -0.2) is 0 Å². The maximum Gasteiger partial charge on any atom is 0.159 e. The van der Waals surface area contributed by atoms with E-state index in [1.54, 1.807) is 14.2 Å². The zero-order valence-corrected chi connectivity index (χ0v) is 6.50. The van der Waals surface area contributed by atoms with Gasteiger partial charge >= 0.3 is 0 Å². The molecule has 1 fully saturated rings. The molecule has 1 rings (SSSR count). The minimum absolute atomic E-state index is 0.0568. The van der Waals surface area contributed by atoms with Crippen molar-refractivity contribution in [2.24, 2.45) is 0 Å². The average molecular weight is 146 g/mol. The Hall–Kier alpha value is -0.120. The molecule has 0 bridgehead atoms. The van der Waals surface area contributed by atoms with Gasteiger partial charge in [-0.1, -0.05) is 0 Å². The molecule has 0 saturated carbocycles. The highest BCUT2D eigenvalue weighted by molar-refractivity contribution is 4.64. The Morgan fingerprint density at radius 2 is 2.10 bits per heavy atom. The van der Waals surface area contributed by atoms with Crippen LogP contribution in [0.2, 0.25) is 0 Å². The van der Waals surface area contributed by atoms with E-state index in [9.17, 15) is 0 Å². The van der Waals surface area contributed by atoms with E-state index in [0.717, 1.165) is 19.4 Å². The van der Waals surface area contributed by atoms with Gasteiger partial charge in [0, 0.05) is 20.6 Å². The molecule has 3 heteroatoms. The summed E-state index contributed by atoms with van der Waals surface area (Å²) in [4.78, 5) is 0. The van der Waals surface area contributed by atoms with Crippen LogP contribution in [0.15, 0.2) is 0 Å². The van der Waals surface area contributed by atoms with Gasteiger partial charge in [0.05, 0.1) is 12.7 Å². The molecule has 0 radical (unpaired) electrons. The summed E-state index contributed by atoms with van der Waals surface area (Å²) in [5.74, 6) is 0. The molecule has 0 amide bonds. The maximum absolute atomic E-state index is 5.26. The molecule has 3 nitrogen and oxygen atoms in total. The lowest BCUT2D eigenvalue weighted by Crippen LogP contribution is -2.31. The van der Waals surface area contributed by atoms with Crippen LogP contribution in [-0.2, 0) is 14.2 Å².